The van der Waals surface area contributed by atoms with E-state index in [1.165, 1.54) is 12.0 Å². The predicted molar refractivity (Wildman–Crippen MR) is 77.7 cm³/mol. The number of nitrogens with one attached hydrogen (secondary N) is 1. The van der Waals surface area contributed by atoms with Gasteiger partial charge in [-0.05, 0) is 24.9 Å². The van der Waals surface area contributed by atoms with Gasteiger partial charge in [0.05, 0.1) is 13.2 Å². The molecule has 1 aromatic rings. The average molecular weight is 249 g/mol. The standard InChI is InChI=1S/C16H27NO/c1-4-11-17-13-16(3,5-2)14-18-12-15-9-7-6-8-10-15/h6-10,17H,4-5,11-14H2,1-3H3. The van der Waals surface area contributed by atoms with E-state index >= 15 is 0 Å². The van der Waals surface area contributed by atoms with Gasteiger partial charge in [0.25, 0.3) is 0 Å². The number of hydrogen-bond acceptors (Lipinski definition) is 2. The van der Waals surface area contributed by atoms with Crippen LogP contribution in [-0.2, 0) is 11.3 Å². The predicted octanol–water partition coefficient (Wildman–Crippen LogP) is 3.62. The van der Waals surface area contributed by atoms with Gasteiger partial charge in [0, 0.05) is 12.0 Å². The fourth-order valence-electron chi connectivity index (χ4n) is 1.83. The van der Waals surface area contributed by atoms with Crippen LogP contribution in [0.1, 0.15) is 39.2 Å². The maximum Gasteiger partial charge on any atom is 0.0717 e. The van der Waals surface area contributed by atoms with Crippen molar-refractivity contribution in [1.29, 1.82) is 0 Å². The number of hydrogen-bond donors (Lipinski definition) is 1. The Hall–Kier alpha value is -0.860. The van der Waals surface area contributed by atoms with E-state index in [1.54, 1.807) is 0 Å². The van der Waals surface area contributed by atoms with Gasteiger partial charge in [-0.2, -0.15) is 0 Å². The second-order valence-electron chi connectivity index (χ2n) is 5.32. The van der Waals surface area contributed by atoms with E-state index in [0.29, 0.717) is 6.61 Å². The summed E-state index contributed by atoms with van der Waals surface area (Å²) in [4.78, 5) is 0. The van der Waals surface area contributed by atoms with E-state index in [2.05, 4.69) is 50.4 Å². The zero-order valence-corrected chi connectivity index (χ0v) is 12.0. The van der Waals surface area contributed by atoms with Crippen LogP contribution in [0.4, 0.5) is 0 Å². The van der Waals surface area contributed by atoms with Crippen molar-refractivity contribution in [3.05, 3.63) is 35.9 Å². The Kier molecular flexibility index (Phi) is 6.99. The molecule has 1 aromatic carbocycles. The Morgan fingerprint density at radius 1 is 1.17 bits per heavy atom. The van der Waals surface area contributed by atoms with Gasteiger partial charge in [0.1, 0.15) is 0 Å². The van der Waals surface area contributed by atoms with Crippen LogP contribution in [0.5, 0.6) is 0 Å². The third-order valence-corrected chi connectivity index (χ3v) is 3.39. The van der Waals surface area contributed by atoms with Crippen molar-refractivity contribution >= 4 is 0 Å². The lowest BCUT2D eigenvalue weighted by Gasteiger charge is -2.28. The molecule has 0 saturated heterocycles. The Labute approximate surface area is 112 Å². The minimum atomic E-state index is 0.240. The van der Waals surface area contributed by atoms with Gasteiger partial charge in [-0.25, -0.2) is 0 Å². The maximum atomic E-state index is 5.87. The Bertz CT molecular complexity index is 312. The first kappa shape index (κ1) is 15.2. The average Bonchev–Trinajstić information content (AvgIpc) is 2.40. The molecule has 1 unspecified atom stereocenters. The Balaban J connectivity index is 2.30. The quantitative estimate of drug-likeness (QED) is 0.675. The molecule has 0 aliphatic heterocycles. The number of rotatable bonds is 9. The molecule has 0 bridgehead atoms. The first-order chi connectivity index (χ1) is 8.70. The highest BCUT2D eigenvalue weighted by molar-refractivity contribution is 5.13. The minimum Gasteiger partial charge on any atom is -0.376 e. The summed E-state index contributed by atoms with van der Waals surface area (Å²) >= 11 is 0. The van der Waals surface area contributed by atoms with Crippen molar-refractivity contribution in [1.82, 2.24) is 5.32 Å². The molecule has 0 aromatic heterocycles. The van der Waals surface area contributed by atoms with E-state index in [0.717, 1.165) is 26.1 Å². The monoisotopic (exact) mass is 249 g/mol. The summed E-state index contributed by atoms with van der Waals surface area (Å²) in [5, 5.41) is 3.50. The highest BCUT2D eigenvalue weighted by atomic mass is 16.5. The van der Waals surface area contributed by atoms with Crippen LogP contribution >= 0.6 is 0 Å². The van der Waals surface area contributed by atoms with Crippen LogP contribution in [0.15, 0.2) is 30.3 Å². The summed E-state index contributed by atoms with van der Waals surface area (Å²) in [7, 11) is 0. The van der Waals surface area contributed by atoms with E-state index in [1.807, 2.05) is 6.07 Å². The summed E-state index contributed by atoms with van der Waals surface area (Å²) in [6, 6.07) is 10.4. The first-order valence-corrected chi connectivity index (χ1v) is 7.02. The van der Waals surface area contributed by atoms with Crippen LogP contribution < -0.4 is 5.32 Å². The lowest BCUT2D eigenvalue weighted by atomic mass is 9.88. The fourth-order valence-corrected chi connectivity index (χ4v) is 1.83. The molecule has 1 atom stereocenters. The molecule has 1 N–H and O–H groups in total. The molecule has 0 aliphatic rings. The van der Waals surface area contributed by atoms with Crippen LogP contribution in [0.3, 0.4) is 0 Å². The molecule has 2 heteroatoms. The number of ether oxygens (including phenoxy) is 1. The molecular formula is C16H27NO. The van der Waals surface area contributed by atoms with Crippen LogP contribution in [0, 0.1) is 5.41 Å². The van der Waals surface area contributed by atoms with Crippen LogP contribution in [0.2, 0.25) is 0 Å². The molecule has 0 heterocycles. The van der Waals surface area contributed by atoms with Gasteiger partial charge in [-0.15, -0.1) is 0 Å². The van der Waals surface area contributed by atoms with Crippen molar-refractivity contribution < 1.29 is 4.74 Å². The van der Waals surface area contributed by atoms with E-state index in [-0.39, 0.29) is 5.41 Å². The van der Waals surface area contributed by atoms with Crippen molar-refractivity contribution in [2.45, 2.75) is 40.2 Å². The molecule has 0 spiro atoms. The van der Waals surface area contributed by atoms with Gasteiger partial charge in [0.15, 0.2) is 0 Å². The SMILES string of the molecule is CCCNCC(C)(CC)COCc1ccccc1. The third kappa shape index (κ3) is 5.65. The molecule has 0 saturated carbocycles. The second kappa shape index (κ2) is 8.28. The first-order valence-electron chi connectivity index (χ1n) is 7.02. The summed E-state index contributed by atoms with van der Waals surface area (Å²) in [6.45, 7) is 10.4. The highest BCUT2D eigenvalue weighted by Gasteiger charge is 2.21. The lowest BCUT2D eigenvalue weighted by molar-refractivity contribution is 0.0402. The summed E-state index contributed by atoms with van der Waals surface area (Å²) < 4.78 is 5.87. The van der Waals surface area contributed by atoms with Gasteiger partial charge < -0.3 is 10.1 Å². The lowest BCUT2D eigenvalue weighted by Crippen LogP contribution is -2.35. The smallest absolute Gasteiger partial charge is 0.0717 e. The molecule has 1 rings (SSSR count). The fraction of sp³-hybridized carbons (Fsp3) is 0.625. The molecule has 2 nitrogen and oxygen atoms in total. The molecule has 0 fully saturated rings. The van der Waals surface area contributed by atoms with Crippen molar-refractivity contribution in [2.75, 3.05) is 19.7 Å². The highest BCUT2D eigenvalue weighted by Crippen LogP contribution is 2.21. The summed E-state index contributed by atoms with van der Waals surface area (Å²) in [6.07, 6.45) is 2.32. The topological polar surface area (TPSA) is 21.3 Å². The molecule has 0 radical (unpaired) electrons. The zero-order chi connectivity index (χ0) is 13.3. The maximum absolute atomic E-state index is 5.87. The van der Waals surface area contributed by atoms with Crippen molar-refractivity contribution in [3.8, 4) is 0 Å². The van der Waals surface area contributed by atoms with E-state index in [4.69, 9.17) is 4.74 Å². The van der Waals surface area contributed by atoms with Crippen LogP contribution in [-0.4, -0.2) is 19.7 Å². The molecule has 102 valence electrons. The van der Waals surface area contributed by atoms with Crippen molar-refractivity contribution in [2.24, 2.45) is 5.41 Å². The zero-order valence-electron chi connectivity index (χ0n) is 12.0. The third-order valence-electron chi connectivity index (χ3n) is 3.39. The second-order valence-corrected chi connectivity index (χ2v) is 5.32. The molecule has 0 aliphatic carbocycles. The summed E-state index contributed by atoms with van der Waals surface area (Å²) in [5.74, 6) is 0. The van der Waals surface area contributed by atoms with E-state index < -0.39 is 0 Å². The minimum absolute atomic E-state index is 0.240. The van der Waals surface area contributed by atoms with Gasteiger partial charge in [0.2, 0.25) is 0 Å². The van der Waals surface area contributed by atoms with Crippen molar-refractivity contribution in [3.63, 3.8) is 0 Å². The largest absolute Gasteiger partial charge is 0.376 e. The van der Waals surface area contributed by atoms with E-state index in [9.17, 15) is 0 Å². The van der Waals surface area contributed by atoms with Gasteiger partial charge in [-0.3, -0.25) is 0 Å². The molecule has 0 amide bonds. The van der Waals surface area contributed by atoms with Crippen LogP contribution in [0.25, 0.3) is 0 Å². The Morgan fingerprint density at radius 3 is 2.50 bits per heavy atom. The van der Waals surface area contributed by atoms with Gasteiger partial charge in [-0.1, -0.05) is 51.1 Å². The number of benzene rings is 1. The normalized spacial score (nSPS) is 14.4. The Morgan fingerprint density at radius 2 is 1.89 bits per heavy atom. The molecule has 18 heavy (non-hydrogen) atoms. The molecular weight excluding hydrogens is 222 g/mol. The van der Waals surface area contributed by atoms with Gasteiger partial charge >= 0.3 is 0 Å². The summed E-state index contributed by atoms with van der Waals surface area (Å²) in [5.41, 5.74) is 1.49.